The van der Waals surface area contributed by atoms with Gasteiger partial charge in [-0.3, -0.25) is 9.89 Å². The topological polar surface area (TPSA) is 42.9 Å². The van der Waals surface area contributed by atoms with Gasteiger partial charge in [0.2, 0.25) is 0 Å². The number of rotatable bonds is 7. The van der Waals surface area contributed by atoms with Crippen LogP contribution in [0.25, 0.3) is 0 Å². The smallest absolute Gasteiger partial charge is 0.191 e. The van der Waals surface area contributed by atoms with E-state index in [-0.39, 0.29) is 0 Å². The largest absolute Gasteiger partial charge is 0.356 e. The van der Waals surface area contributed by atoms with Gasteiger partial charge in [-0.05, 0) is 44.6 Å². The first kappa shape index (κ1) is 19.5. The lowest BCUT2D eigenvalue weighted by atomic mass is 9.64. The first-order valence-electron chi connectivity index (χ1n) is 9.81. The molecule has 1 heterocycles. The summed E-state index contributed by atoms with van der Waals surface area (Å²) in [6.45, 7) is 13.7. The van der Waals surface area contributed by atoms with Gasteiger partial charge in [-0.2, -0.15) is 0 Å². The Morgan fingerprint density at radius 2 is 1.75 bits per heavy atom. The summed E-state index contributed by atoms with van der Waals surface area (Å²) in [5, 5.41) is 7.13. The molecule has 0 spiro atoms. The van der Waals surface area contributed by atoms with Crippen LogP contribution in [-0.2, 0) is 0 Å². The van der Waals surface area contributed by atoms with Crippen LogP contribution in [0.2, 0.25) is 0 Å². The minimum absolute atomic E-state index is 0.509. The van der Waals surface area contributed by atoms with Gasteiger partial charge in [0, 0.05) is 52.4 Å². The molecule has 0 radical (unpaired) electrons. The van der Waals surface area contributed by atoms with Crippen LogP contribution >= 0.6 is 0 Å². The Hall–Kier alpha value is -0.810. The van der Waals surface area contributed by atoms with Crippen molar-refractivity contribution in [3.05, 3.63) is 0 Å². The number of likely N-dealkylation sites (N-methyl/N-ethyl adjacent to an activating group) is 1. The van der Waals surface area contributed by atoms with E-state index in [1.807, 2.05) is 7.05 Å². The molecule has 140 valence electrons. The maximum atomic E-state index is 4.43. The molecule has 1 atom stereocenters. The fraction of sp³-hybridized carbons (Fsp3) is 0.947. The molecule has 5 nitrogen and oxygen atoms in total. The van der Waals surface area contributed by atoms with Crippen LogP contribution in [0.5, 0.6) is 0 Å². The summed E-state index contributed by atoms with van der Waals surface area (Å²) in [5.41, 5.74) is 0.509. The van der Waals surface area contributed by atoms with E-state index in [1.165, 1.54) is 51.9 Å². The molecule has 1 aliphatic carbocycles. The zero-order valence-electron chi connectivity index (χ0n) is 16.6. The molecule has 1 aliphatic heterocycles. The van der Waals surface area contributed by atoms with Crippen molar-refractivity contribution < 1.29 is 0 Å². The van der Waals surface area contributed by atoms with Crippen molar-refractivity contribution in [1.82, 2.24) is 20.4 Å². The van der Waals surface area contributed by atoms with Crippen molar-refractivity contribution >= 4 is 5.96 Å². The van der Waals surface area contributed by atoms with Crippen molar-refractivity contribution in [3.8, 4) is 0 Å². The maximum absolute atomic E-state index is 4.43. The normalized spacial score (nSPS) is 23.8. The molecular weight excluding hydrogens is 298 g/mol. The molecule has 24 heavy (non-hydrogen) atoms. The zero-order valence-corrected chi connectivity index (χ0v) is 16.6. The van der Waals surface area contributed by atoms with Crippen LogP contribution in [0.1, 0.15) is 46.5 Å². The number of hydrogen-bond acceptors (Lipinski definition) is 3. The number of piperazine rings is 1. The monoisotopic (exact) mass is 337 g/mol. The van der Waals surface area contributed by atoms with Crippen LogP contribution in [0.15, 0.2) is 4.99 Å². The van der Waals surface area contributed by atoms with E-state index in [4.69, 9.17) is 0 Å². The second-order valence-electron chi connectivity index (χ2n) is 8.45. The third-order valence-electron chi connectivity index (χ3n) is 5.84. The van der Waals surface area contributed by atoms with E-state index in [2.05, 4.69) is 53.2 Å². The Morgan fingerprint density at radius 1 is 1.08 bits per heavy atom. The molecule has 0 amide bonds. The van der Waals surface area contributed by atoms with E-state index in [0.29, 0.717) is 11.5 Å². The molecule has 0 aromatic rings. The number of nitrogens with zero attached hydrogens (tertiary/aromatic N) is 3. The summed E-state index contributed by atoms with van der Waals surface area (Å²) in [4.78, 5) is 9.41. The minimum atomic E-state index is 0.509. The van der Waals surface area contributed by atoms with E-state index >= 15 is 0 Å². The lowest BCUT2D eigenvalue weighted by Crippen LogP contribution is -2.53. The molecular formula is C19H39N5. The van der Waals surface area contributed by atoms with E-state index in [0.717, 1.165) is 25.0 Å². The van der Waals surface area contributed by atoms with Crippen molar-refractivity contribution in [3.63, 3.8) is 0 Å². The predicted octanol–water partition coefficient (Wildman–Crippen LogP) is 2.00. The van der Waals surface area contributed by atoms with Gasteiger partial charge in [-0.15, -0.1) is 0 Å². The molecule has 1 unspecified atom stereocenters. The highest BCUT2D eigenvalue weighted by Gasteiger charge is 2.37. The Labute approximate surface area is 149 Å². The van der Waals surface area contributed by atoms with E-state index in [9.17, 15) is 0 Å². The molecule has 0 aromatic carbocycles. The maximum Gasteiger partial charge on any atom is 0.191 e. The van der Waals surface area contributed by atoms with Crippen molar-refractivity contribution in [2.45, 2.75) is 52.5 Å². The van der Waals surface area contributed by atoms with Crippen LogP contribution in [0.3, 0.4) is 0 Å². The molecule has 2 fully saturated rings. The number of aliphatic imine (C=N–C) groups is 1. The van der Waals surface area contributed by atoms with Gasteiger partial charge < -0.3 is 15.5 Å². The summed E-state index contributed by atoms with van der Waals surface area (Å²) in [5.74, 6) is 1.74. The standard InChI is InChI=1S/C19H39N5/c1-16(2)13-19(7-6-8-19)15-22-18(20-4)21-14-17(3)24-11-9-23(5)10-12-24/h16-17H,6-15H2,1-5H3,(H2,20,21,22). The van der Waals surface area contributed by atoms with Crippen LogP contribution in [-0.4, -0.2) is 75.2 Å². The second-order valence-corrected chi connectivity index (χ2v) is 8.45. The average Bonchev–Trinajstić information content (AvgIpc) is 2.52. The minimum Gasteiger partial charge on any atom is -0.356 e. The highest BCUT2D eigenvalue weighted by atomic mass is 15.3. The van der Waals surface area contributed by atoms with Crippen LogP contribution in [0, 0.1) is 11.3 Å². The van der Waals surface area contributed by atoms with Gasteiger partial charge in [0.05, 0.1) is 0 Å². The molecule has 0 bridgehead atoms. The summed E-state index contributed by atoms with van der Waals surface area (Å²) in [6.07, 6.45) is 5.45. The SMILES string of the molecule is CN=C(NCC(C)N1CCN(C)CC1)NCC1(CC(C)C)CCC1. The molecule has 0 aromatic heterocycles. The van der Waals surface area contributed by atoms with Gasteiger partial charge in [-0.25, -0.2) is 0 Å². The third kappa shape index (κ3) is 5.62. The van der Waals surface area contributed by atoms with Gasteiger partial charge >= 0.3 is 0 Å². The summed E-state index contributed by atoms with van der Waals surface area (Å²) in [6, 6.07) is 0.547. The lowest BCUT2D eigenvalue weighted by molar-refractivity contribution is 0.104. The first-order chi connectivity index (χ1) is 11.4. The molecule has 5 heteroatoms. The third-order valence-corrected chi connectivity index (χ3v) is 5.84. The number of nitrogens with one attached hydrogen (secondary N) is 2. The van der Waals surface area contributed by atoms with Gasteiger partial charge in [0.15, 0.2) is 5.96 Å². The van der Waals surface area contributed by atoms with Gasteiger partial charge in [0.25, 0.3) is 0 Å². The summed E-state index contributed by atoms with van der Waals surface area (Å²) < 4.78 is 0. The number of guanidine groups is 1. The van der Waals surface area contributed by atoms with E-state index in [1.54, 1.807) is 0 Å². The van der Waals surface area contributed by atoms with E-state index < -0.39 is 0 Å². The Bertz CT molecular complexity index is 395. The van der Waals surface area contributed by atoms with Crippen molar-refractivity contribution in [2.75, 3.05) is 53.4 Å². The number of hydrogen-bond donors (Lipinski definition) is 2. The molecule has 1 saturated heterocycles. The second kappa shape index (κ2) is 9.04. The zero-order chi connectivity index (χ0) is 17.6. The highest BCUT2D eigenvalue weighted by Crippen LogP contribution is 2.45. The Morgan fingerprint density at radius 3 is 2.25 bits per heavy atom. The molecule has 2 rings (SSSR count). The quantitative estimate of drug-likeness (QED) is 0.551. The Balaban J connectivity index is 1.72. The fourth-order valence-corrected chi connectivity index (χ4v) is 4.12. The summed E-state index contributed by atoms with van der Waals surface area (Å²) in [7, 11) is 4.09. The van der Waals surface area contributed by atoms with Crippen LogP contribution < -0.4 is 10.6 Å². The van der Waals surface area contributed by atoms with Gasteiger partial charge in [-0.1, -0.05) is 20.3 Å². The predicted molar refractivity (Wildman–Crippen MR) is 104 cm³/mol. The Kier molecular flexibility index (Phi) is 7.35. The lowest BCUT2D eigenvalue weighted by Gasteiger charge is -2.43. The highest BCUT2D eigenvalue weighted by molar-refractivity contribution is 5.79. The van der Waals surface area contributed by atoms with Crippen molar-refractivity contribution in [2.24, 2.45) is 16.3 Å². The molecule has 1 saturated carbocycles. The molecule has 2 aliphatic rings. The van der Waals surface area contributed by atoms with Crippen LogP contribution in [0.4, 0.5) is 0 Å². The average molecular weight is 338 g/mol. The first-order valence-corrected chi connectivity index (χ1v) is 9.81. The molecule has 2 N–H and O–H groups in total. The summed E-state index contributed by atoms with van der Waals surface area (Å²) >= 11 is 0. The van der Waals surface area contributed by atoms with Gasteiger partial charge in [0.1, 0.15) is 0 Å². The van der Waals surface area contributed by atoms with Crippen molar-refractivity contribution in [1.29, 1.82) is 0 Å². The fourth-order valence-electron chi connectivity index (χ4n) is 4.12.